The topological polar surface area (TPSA) is 72.7 Å². The highest BCUT2D eigenvalue weighted by molar-refractivity contribution is 7.99. The highest BCUT2D eigenvalue weighted by atomic mass is 32.2. The Morgan fingerprint density at radius 3 is 3.19 bits per heavy atom. The number of hydrogen-bond donors (Lipinski definition) is 1. The molecule has 0 atom stereocenters. The summed E-state index contributed by atoms with van der Waals surface area (Å²) in [6.07, 6.45) is 3.37. The summed E-state index contributed by atoms with van der Waals surface area (Å²) in [5.74, 6) is 0.927. The molecule has 16 heavy (non-hydrogen) atoms. The number of pyridine rings is 1. The molecule has 3 heterocycles. The molecule has 80 valence electrons. The van der Waals surface area contributed by atoms with Crippen LogP contribution in [0.5, 0.6) is 0 Å². The molecule has 0 fully saturated rings. The summed E-state index contributed by atoms with van der Waals surface area (Å²) in [6, 6.07) is 3.68. The van der Waals surface area contributed by atoms with Gasteiger partial charge in [0, 0.05) is 18.0 Å². The average molecular weight is 233 g/mol. The van der Waals surface area contributed by atoms with Crippen molar-refractivity contribution in [1.29, 1.82) is 0 Å². The summed E-state index contributed by atoms with van der Waals surface area (Å²) in [6.45, 7) is 0. The number of amides is 1. The van der Waals surface area contributed by atoms with Crippen LogP contribution < -0.4 is 5.43 Å². The largest absolute Gasteiger partial charge is 0.272 e. The zero-order chi connectivity index (χ0) is 11.0. The van der Waals surface area contributed by atoms with Gasteiger partial charge in [-0.3, -0.25) is 15.2 Å². The second-order valence-corrected chi connectivity index (χ2v) is 4.15. The average Bonchev–Trinajstić information content (AvgIpc) is 2.73. The Morgan fingerprint density at radius 2 is 2.38 bits per heavy atom. The van der Waals surface area contributed by atoms with Gasteiger partial charge in [0.05, 0.1) is 5.75 Å². The van der Waals surface area contributed by atoms with Crippen molar-refractivity contribution >= 4 is 17.7 Å². The molecule has 1 amide bonds. The van der Waals surface area contributed by atoms with E-state index in [1.807, 2.05) is 12.1 Å². The van der Waals surface area contributed by atoms with E-state index >= 15 is 0 Å². The minimum absolute atomic E-state index is 0.0533. The summed E-state index contributed by atoms with van der Waals surface area (Å²) >= 11 is 1.37. The van der Waals surface area contributed by atoms with Crippen LogP contribution in [0.3, 0.4) is 0 Å². The van der Waals surface area contributed by atoms with Gasteiger partial charge >= 0.3 is 0 Å². The summed E-state index contributed by atoms with van der Waals surface area (Å²) < 4.78 is 1.59. The number of hydrogen-bond acceptors (Lipinski definition) is 5. The summed E-state index contributed by atoms with van der Waals surface area (Å²) in [5.41, 5.74) is 3.53. The van der Waals surface area contributed by atoms with Gasteiger partial charge in [-0.1, -0.05) is 11.8 Å². The molecular weight excluding hydrogens is 226 g/mol. The van der Waals surface area contributed by atoms with Crippen molar-refractivity contribution in [3.63, 3.8) is 0 Å². The monoisotopic (exact) mass is 233 g/mol. The van der Waals surface area contributed by atoms with Crippen molar-refractivity contribution in [1.82, 2.24) is 19.9 Å². The smallest absolute Gasteiger partial charge is 0.249 e. The molecule has 0 radical (unpaired) electrons. The first kappa shape index (κ1) is 9.34. The van der Waals surface area contributed by atoms with Gasteiger partial charge in [-0.2, -0.15) is 0 Å². The van der Waals surface area contributed by atoms with E-state index in [-0.39, 0.29) is 5.91 Å². The van der Waals surface area contributed by atoms with Crippen LogP contribution in [0.2, 0.25) is 0 Å². The maximum atomic E-state index is 11.3. The number of fused-ring (bicyclic) bond motifs is 1. The van der Waals surface area contributed by atoms with Crippen molar-refractivity contribution < 1.29 is 4.79 Å². The molecule has 7 heteroatoms. The van der Waals surface area contributed by atoms with Crippen LogP contribution >= 0.6 is 11.8 Å². The van der Waals surface area contributed by atoms with E-state index in [0.29, 0.717) is 16.7 Å². The fourth-order valence-electron chi connectivity index (χ4n) is 1.43. The normalized spacial score (nSPS) is 14.4. The van der Waals surface area contributed by atoms with Gasteiger partial charge in [0.1, 0.15) is 0 Å². The molecular formula is C9H7N5OS. The Labute approximate surface area is 95.1 Å². The molecule has 0 aliphatic carbocycles. The SMILES string of the molecule is O=C1CSc2nnc(-c3cccnc3)n2N1. The number of rotatable bonds is 1. The van der Waals surface area contributed by atoms with E-state index in [4.69, 9.17) is 0 Å². The maximum absolute atomic E-state index is 11.3. The molecule has 0 bridgehead atoms. The second kappa shape index (κ2) is 3.60. The minimum Gasteiger partial charge on any atom is -0.272 e. The summed E-state index contributed by atoms with van der Waals surface area (Å²) in [5, 5.41) is 8.73. The Kier molecular flexibility index (Phi) is 2.10. The predicted octanol–water partition coefficient (Wildman–Crippen LogP) is 0.516. The number of carbonyl (C=O) groups is 1. The van der Waals surface area contributed by atoms with E-state index in [1.165, 1.54) is 11.8 Å². The van der Waals surface area contributed by atoms with Crippen molar-refractivity contribution in [3.05, 3.63) is 24.5 Å². The van der Waals surface area contributed by atoms with E-state index in [0.717, 1.165) is 5.56 Å². The molecule has 0 spiro atoms. The molecule has 1 aliphatic heterocycles. The number of aromatic nitrogens is 4. The lowest BCUT2D eigenvalue weighted by Gasteiger charge is -2.14. The third kappa shape index (κ3) is 1.45. The van der Waals surface area contributed by atoms with Gasteiger partial charge in [0.15, 0.2) is 5.82 Å². The van der Waals surface area contributed by atoms with Crippen LogP contribution in [-0.2, 0) is 4.79 Å². The van der Waals surface area contributed by atoms with E-state index in [1.54, 1.807) is 17.1 Å². The molecule has 1 aliphatic rings. The zero-order valence-electron chi connectivity index (χ0n) is 8.12. The molecule has 0 saturated carbocycles. The first-order chi connectivity index (χ1) is 7.84. The number of thioether (sulfide) groups is 1. The van der Waals surface area contributed by atoms with Crippen molar-refractivity contribution in [2.45, 2.75) is 5.16 Å². The molecule has 0 saturated heterocycles. The van der Waals surface area contributed by atoms with Gasteiger partial charge in [0.25, 0.3) is 0 Å². The summed E-state index contributed by atoms with van der Waals surface area (Å²) in [4.78, 5) is 15.3. The van der Waals surface area contributed by atoms with Crippen LogP contribution in [0.25, 0.3) is 11.4 Å². The van der Waals surface area contributed by atoms with Gasteiger partial charge in [-0.05, 0) is 12.1 Å². The number of nitrogens with zero attached hydrogens (tertiary/aromatic N) is 4. The zero-order valence-corrected chi connectivity index (χ0v) is 8.94. The van der Waals surface area contributed by atoms with Crippen LogP contribution in [0, 0.1) is 0 Å². The third-order valence-electron chi connectivity index (χ3n) is 2.12. The molecule has 2 aromatic rings. The molecule has 3 rings (SSSR count). The molecule has 2 aromatic heterocycles. The number of carbonyl (C=O) groups excluding carboxylic acids is 1. The van der Waals surface area contributed by atoms with Gasteiger partial charge in [-0.25, -0.2) is 4.68 Å². The Morgan fingerprint density at radius 1 is 1.44 bits per heavy atom. The molecule has 6 nitrogen and oxygen atoms in total. The lowest BCUT2D eigenvalue weighted by molar-refractivity contribution is -0.114. The molecule has 0 aromatic carbocycles. The lowest BCUT2D eigenvalue weighted by atomic mass is 10.3. The molecule has 1 N–H and O–H groups in total. The quantitative estimate of drug-likeness (QED) is 0.777. The van der Waals surface area contributed by atoms with Crippen LogP contribution in [0.1, 0.15) is 0 Å². The van der Waals surface area contributed by atoms with Crippen LogP contribution in [0.4, 0.5) is 0 Å². The standard InChI is InChI=1S/C9H7N5OS/c15-7-5-16-9-12-11-8(14(9)13-7)6-2-1-3-10-4-6/h1-4H,5H2,(H,13,15). The Bertz CT molecular complexity index is 538. The molecule has 0 unspecified atom stereocenters. The third-order valence-corrected chi connectivity index (χ3v) is 3.05. The Balaban J connectivity index is 2.10. The van der Waals surface area contributed by atoms with Crippen LogP contribution in [0.15, 0.2) is 29.7 Å². The summed E-state index contributed by atoms with van der Waals surface area (Å²) in [7, 11) is 0. The fourth-order valence-corrected chi connectivity index (χ4v) is 2.12. The first-order valence-corrected chi connectivity index (χ1v) is 5.61. The van der Waals surface area contributed by atoms with Gasteiger partial charge in [-0.15, -0.1) is 10.2 Å². The highest BCUT2D eigenvalue weighted by Crippen LogP contribution is 2.24. The maximum Gasteiger partial charge on any atom is 0.249 e. The highest BCUT2D eigenvalue weighted by Gasteiger charge is 2.21. The van der Waals surface area contributed by atoms with Crippen molar-refractivity contribution in [2.24, 2.45) is 0 Å². The van der Waals surface area contributed by atoms with Gasteiger partial charge < -0.3 is 0 Å². The fraction of sp³-hybridized carbons (Fsp3) is 0.111. The van der Waals surface area contributed by atoms with E-state index in [9.17, 15) is 4.79 Å². The lowest BCUT2D eigenvalue weighted by Crippen LogP contribution is -2.29. The van der Waals surface area contributed by atoms with Crippen molar-refractivity contribution in [2.75, 3.05) is 11.2 Å². The van der Waals surface area contributed by atoms with Crippen molar-refractivity contribution in [3.8, 4) is 11.4 Å². The second-order valence-electron chi connectivity index (χ2n) is 3.21. The van der Waals surface area contributed by atoms with E-state index < -0.39 is 0 Å². The van der Waals surface area contributed by atoms with E-state index in [2.05, 4.69) is 20.6 Å². The number of nitrogens with one attached hydrogen (secondary N) is 1. The minimum atomic E-state index is -0.0533. The van der Waals surface area contributed by atoms with Crippen LogP contribution in [-0.4, -0.2) is 31.5 Å². The predicted molar refractivity (Wildman–Crippen MR) is 58.3 cm³/mol. The first-order valence-electron chi connectivity index (χ1n) is 4.63. The Hall–Kier alpha value is -1.89. The van der Waals surface area contributed by atoms with Gasteiger partial charge in [0.2, 0.25) is 11.1 Å².